The largest absolute Gasteiger partial charge is 0.490 e. The number of halogens is 1. The number of aliphatic hydroxyl groups is 1. The molecule has 4 N–H and O–H groups in total. The number of hydrogen-bond acceptors (Lipinski definition) is 6. The van der Waals surface area contributed by atoms with Gasteiger partial charge in [0.15, 0.2) is 0 Å². The van der Waals surface area contributed by atoms with Crippen LogP contribution in [-0.4, -0.2) is 29.1 Å². The first-order valence-corrected chi connectivity index (χ1v) is 10.8. The number of carbonyl (C=O) groups excluding carboxylic acids is 1. The van der Waals surface area contributed by atoms with Crippen molar-refractivity contribution < 1.29 is 14.6 Å². The highest BCUT2D eigenvalue weighted by molar-refractivity contribution is 7.15. The summed E-state index contributed by atoms with van der Waals surface area (Å²) in [5, 5.41) is 13.4. The summed E-state index contributed by atoms with van der Waals surface area (Å²) in [4.78, 5) is 17.8. The number of thiophene rings is 1. The second-order valence-corrected chi connectivity index (χ2v) is 8.85. The molecule has 6 nitrogen and oxygen atoms in total. The van der Waals surface area contributed by atoms with Crippen molar-refractivity contribution in [1.29, 1.82) is 0 Å². The molecular formula is C23H24ClN3O3S. The lowest BCUT2D eigenvalue weighted by Crippen LogP contribution is -2.26. The van der Waals surface area contributed by atoms with Gasteiger partial charge < -0.3 is 20.9 Å². The van der Waals surface area contributed by atoms with E-state index in [-0.39, 0.29) is 12.5 Å². The number of aromatic nitrogens is 1. The van der Waals surface area contributed by atoms with Crippen LogP contribution in [0.15, 0.2) is 54.7 Å². The molecule has 0 aliphatic carbocycles. The molecule has 8 heteroatoms. The summed E-state index contributed by atoms with van der Waals surface area (Å²) in [6.45, 7) is 4.14. The van der Waals surface area contributed by atoms with Gasteiger partial charge in [-0.2, -0.15) is 0 Å². The van der Waals surface area contributed by atoms with Crippen molar-refractivity contribution in [1.82, 2.24) is 10.3 Å². The number of benzene rings is 1. The molecule has 3 aromatic rings. The summed E-state index contributed by atoms with van der Waals surface area (Å²) in [6, 6.07) is 12.9. The van der Waals surface area contributed by atoms with E-state index in [9.17, 15) is 9.90 Å². The van der Waals surface area contributed by atoms with E-state index in [1.807, 2.05) is 24.3 Å². The van der Waals surface area contributed by atoms with E-state index in [4.69, 9.17) is 22.1 Å². The molecule has 31 heavy (non-hydrogen) atoms. The number of nitrogens with two attached hydrogens (primary N) is 1. The lowest BCUT2D eigenvalue weighted by atomic mass is 10.1. The number of nitrogen functional groups attached to an aromatic ring is 1. The molecule has 0 atom stereocenters. The molecule has 0 saturated carbocycles. The van der Waals surface area contributed by atoms with Gasteiger partial charge in [0.25, 0.3) is 0 Å². The van der Waals surface area contributed by atoms with Gasteiger partial charge in [-0.25, -0.2) is 4.98 Å². The average Bonchev–Trinajstić information content (AvgIpc) is 3.22. The van der Waals surface area contributed by atoms with Gasteiger partial charge in [0.05, 0.1) is 17.2 Å². The summed E-state index contributed by atoms with van der Waals surface area (Å²) in [5.74, 6) is 0.740. The summed E-state index contributed by atoms with van der Waals surface area (Å²) < 4.78 is 5.68. The lowest BCUT2D eigenvalue weighted by molar-refractivity contribution is -0.116. The zero-order chi connectivity index (χ0) is 22.4. The molecule has 0 fully saturated rings. The van der Waals surface area contributed by atoms with Gasteiger partial charge >= 0.3 is 0 Å². The monoisotopic (exact) mass is 457 g/mol. The third-order valence-corrected chi connectivity index (χ3v) is 6.06. The molecule has 2 aromatic heterocycles. The summed E-state index contributed by atoms with van der Waals surface area (Å²) >= 11 is 7.89. The number of rotatable bonds is 8. The van der Waals surface area contributed by atoms with E-state index in [2.05, 4.69) is 10.3 Å². The van der Waals surface area contributed by atoms with Gasteiger partial charge in [0.1, 0.15) is 18.2 Å². The molecule has 0 spiro atoms. The Hall–Kier alpha value is -2.87. The van der Waals surface area contributed by atoms with Crippen LogP contribution in [0.25, 0.3) is 16.5 Å². The number of ether oxygens (including phenoxy) is 1. The van der Waals surface area contributed by atoms with Crippen molar-refractivity contribution in [2.24, 2.45) is 0 Å². The fraction of sp³-hybridized carbons (Fsp3) is 0.217. The Morgan fingerprint density at radius 3 is 2.74 bits per heavy atom. The molecule has 162 valence electrons. The van der Waals surface area contributed by atoms with Gasteiger partial charge in [-0.15, -0.1) is 11.3 Å². The molecule has 0 aliphatic rings. The standard InChI is InChI=1S/C23H24ClN3O3S/c1-23(2,29)20-8-7-19(31-20)16-5-6-18(17(24)13-16)30-12-11-26-22(28)10-4-15-3-9-21(25)27-14-15/h3-10,13-14,29H,11-12H2,1-2H3,(H2,25,27)(H,26,28). The number of hydrogen-bond donors (Lipinski definition) is 3. The fourth-order valence-corrected chi connectivity index (χ4v) is 3.91. The molecule has 0 saturated heterocycles. The smallest absolute Gasteiger partial charge is 0.244 e. The van der Waals surface area contributed by atoms with Crippen molar-refractivity contribution in [3.63, 3.8) is 0 Å². The van der Waals surface area contributed by atoms with E-state index < -0.39 is 5.60 Å². The molecule has 1 aromatic carbocycles. The highest BCUT2D eigenvalue weighted by Crippen LogP contribution is 2.36. The second-order valence-electron chi connectivity index (χ2n) is 7.36. The van der Waals surface area contributed by atoms with Crippen molar-refractivity contribution in [3.8, 4) is 16.2 Å². The quantitative estimate of drug-likeness (QED) is 0.342. The molecule has 0 unspecified atom stereocenters. The Balaban J connectivity index is 1.49. The summed E-state index contributed by atoms with van der Waals surface area (Å²) in [5.41, 5.74) is 6.39. The van der Waals surface area contributed by atoms with Crippen LogP contribution in [0, 0.1) is 0 Å². The van der Waals surface area contributed by atoms with Crippen molar-refractivity contribution in [3.05, 3.63) is 70.2 Å². The van der Waals surface area contributed by atoms with Crippen molar-refractivity contribution in [2.45, 2.75) is 19.4 Å². The first-order valence-electron chi connectivity index (χ1n) is 9.65. The Bertz CT molecular complexity index is 1070. The topological polar surface area (TPSA) is 97.5 Å². The predicted octanol–water partition coefficient (Wildman–Crippen LogP) is 4.48. The number of nitrogens with one attached hydrogen (secondary N) is 1. The third-order valence-electron chi connectivity index (χ3n) is 4.32. The molecule has 1 amide bonds. The number of nitrogens with zero attached hydrogens (tertiary/aromatic N) is 1. The van der Waals surface area contributed by atoms with Gasteiger partial charge in [-0.1, -0.05) is 11.6 Å². The second kappa shape index (κ2) is 9.96. The van der Waals surface area contributed by atoms with Crippen LogP contribution in [0.3, 0.4) is 0 Å². The van der Waals surface area contributed by atoms with Crippen LogP contribution >= 0.6 is 22.9 Å². The zero-order valence-corrected chi connectivity index (χ0v) is 18.8. The maximum absolute atomic E-state index is 11.9. The summed E-state index contributed by atoms with van der Waals surface area (Å²) in [6.07, 6.45) is 4.68. The molecule has 0 aliphatic heterocycles. The SMILES string of the molecule is CC(C)(O)c1ccc(-c2ccc(OCCNC(=O)C=Cc3ccc(N)nc3)c(Cl)c2)s1. The van der Waals surface area contributed by atoms with Crippen LogP contribution in [0.2, 0.25) is 5.02 Å². The molecule has 3 rings (SSSR count). The van der Waals surface area contributed by atoms with Crippen molar-refractivity contribution in [2.75, 3.05) is 18.9 Å². The minimum Gasteiger partial charge on any atom is -0.490 e. The number of amides is 1. The van der Waals surface area contributed by atoms with Crippen molar-refractivity contribution >= 4 is 40.7 Å². The maximum atomic E-state index is 11.9. The minimum absolute atomic E-state index is 0.234. The Labute approximate surface area is 190 Å². The fourth-order valence-electron chi connectivity index (χ4n) is 2.67. The van der Waals surface area contributed by atoms with E-state index in [1.54, 1.807) is 44.3 Å². The van der Waals surface area contributed by atoms with Crippen LogP contribution in [0.4, 0.5) is 5.82 Å². The highest BCUT2D eigenvalue weighted by atomic mass is 35.5. The van der Waals surface area contributed by atoms with Crippen LogP contribution in [0.5, 0.6) is 5.75 Å². The minimum atomic E-state index is -0.874. The van der Waals surface area contributed by atoms with E-state index in [1.165, 1.54) is 17.4 Å². The van der Waals surface area contributed by atoms with Gasteiger partial charge in [0, 0.05) is 22.0 Å². The highest BCUT2D eigenvalue weighted by Gasteiger charge is 2.19. The van der Waals surface area contributed by atoms with Gasteiger partial charge in [0.2, 0.25) is 5.91 Å². The molecule has 2 heterocycles. The van der Waals surface area contributed by atoms with Gasteiger partial charge in [-0.05, 0) is 73.5 Å². The molecule has 0 bridgehead atoms. The first kappa shape index (κ1) is 22.8. The third kappa shape index (κ3) is 6.55. The Morgan fingerprint density at radius 1 is 1.29 bits per heavy atom. The van der Waals surface area contributed by atoms with Gasteiger partial charge in [-0.3, -0.25) is 4.79 Å². The van der Waals surface area contributed by atoms with E-state index in [0.717, 1.165) is 20.9 Å². The number of pyridine rings is 1. The normalized spacial score (nSPS) is 11.6. The van der Waals surface area contributed by atoms with E-state index in [0.29, 0.717) is 23.1 Å². The lowest BCUT2D eigenvalue weighted by Gasteiger charge is -2.14. The Morgan fingerprint density at radius 2 is 2.10 bits per heavy atom. The number of anilines is 1. The molecule has 0 radical (unpaired) electrons. The van der Waals surface area contributed by atoms with Crippen LogP contribution in [0.1, 0.15) is 24.3 Å². The zero-order valence-electron chi connectivity index (χ0n) is 17.3. The van der Waals surface area contributed by atoms with E-state index >= 15 is 0 Å². The first-order chi connectivity index (χ1) is 14.7. The van der Waals surface area contributed by atoms with Crippen LogP contribution < -0.4 is 15.8 Å². The summed E-state index contributed by atoms with van der Waals surface area (Å²) in [7, 11) is 0. The Kier molecular flexibility index (Phi) is 7.33. The number of carbonyl (C=O) groups is 1. The molecular weight excluding hydrogens is 434 g/mol. The van der Waals surface area contributed by atoms with Crippen LogP contribution in [-0.2, 0) is 10.4 Å². The predicted molar refractivity (Wildman–Crippen MR) is 126 cm³/mol. The maximum Gasteiger partial charge on any atom is 0.244 e. The average molecular weight is 458 g/mol.